The molecule has 0 saturated carbocycles. The molecule has 3 heteroatoms. The maximum atomic E-state index is 11.5. The maximum Gasteiger partial charge on any atom is 0.222 e. The zero-order chi connectivity index (χ0) is 10.7. The Hall–Kier alpha value is -0.420. The monoisotopic (exact) mass is 316 g/mol. The topological polar surface area (TPSA) is 26.3 Å². The number of halogens is 1. The quantitative estimate of drug-likeness (QED) is 0.619. The van der Waals surface area contributed by atoms with Crippen LogP contribution >= 0.6 is 22.6 Å². The number of ether oxygens (including phenoxy) is 1. The number of hydrogen-bond acceptors (Lipinski definition) is 2. The first kappa shape index (κ1) is 11.1. The molecule has 80 valence electrons. The van der Waals surface area contributed by atoms with E-state index in [1.165, 1.54) is 5.56 Å². The summed E-state index contributed by atoms with van der Waals surface area (Å²) in [7, 11) is 0. The molecule has 1 fully saturated rings. The summed E-state index contributed by atoms with van der Waals surface area (Å²) in [6, 6.07) is 7.92. The van der Waals surface area contributed by atoms with Gasteiger partial charge in [0.1, 0.15) is 0 Å². The summed E-state index contributed by atoms with van der Waals surface area (Å²) in [4.78, 5) is 11.5. The summed E-state index contributed by atoms with van der Waals surface area (Å²) in [5.41, 5.74) is 2.06. The van der Waals surface area contributed by atoms with Crippen molar-refractivity contribution in [2.45, 2.75) is 18.8 Å². The summed E-state index contributed by atoms with van der Waals surface area (Å²) in [6.07, 6.45) is 2.06. The SMILES string of the molecule is O=C(I)c1ccccc1C1CCOCC1. The molecule has 0 spiro atoms. The van der Waals surface area contributed by atoms with Gasteiger partial charge in [-0.1, -0.05) is 24.3 Å². The highest BCUT2D eigenvalue weighted by atomic mass is 127. The molecular weight excluding hydrogens is 303 g/mol. The number of benzene rings is 1. The van der Waals surface area contributed by atoms with Crippen LogP contribution < -0.4 is 0 Å². The van der Waals surface area contributed by atoms with Gasteiger partial charge in [-0.05, 0) is 24.3 Å². The number of hydrogen-bond donors (Lipinski definition) is 0. The first-order chi connectivity index (χ1) is 7.29. The van der Waals surface area contributed by atoms with Gasteiger partial charge >= 0.3 is 0 Å². The molecule has 0 aromatic heterocycles. The molecule has 1 aliphatic rings. The van der Waals surface area contributed by atoms with Crippen LogP contribution in [0.5, 0.6) is 0 Å². The normalized spacial score (nSPS) is 17.7. The largest absolute Gasteiger partial charge is 0.381 e. The van der Waals surface area contributed by atoms with E-state index in [9.17, 15) is 4.79 Å². The number of carbonyl (C=O) groups excluding carboxylic acids is 1. The minimum absolute atomic E-state index is 0.134. The van der Waals surface area contributed by atoms with Crippen molar-refractivity contribution in [3.63, 3.8) is 0 Å². The second-order valence-corrected chi connectivity index (χ2v) is 4.73. The van der Waals surface area contributed by atoms with Crippen molar-refractivity contribution in [2.75, 3.05) is 13.2 Å². The van der Waals surface area contributed by atoms with Crippen LogP contribution in [-0.2, 0) is 4.74 Å². The molecular formula is C12H13IO2. The average molecular weight is 316 g/mol. The Labute approximate surface area is 103 Å². The molecule has 0 amide bonds. The molecule has 1 aromatic carbocycles. The van der Waals surface area contributed by atoms with Crippen LogP contribution in [0.25, 0.3) is 0 Å². The van der Waals surface area contributed by atoms with Gasteiger partial charge in [0.15, 0.2) is 0 Å². The van der Waals surface area contributed by atoms with Gasteiger partial charge in [0.25, 0.3) is 0 Å². The van der Waals surface area contributed by atoms with E-state index in [1.54, 1.807) is 0 Å². The minimum Gasteiger partial charge on any atom is -0.381 e. The van der Waals surface area contributed by atoms with Crippen molar-refractivity contribution in [2.24, 2.45) is 0 Å². The first-order valence-corrected chi connectivity index (χ1v) is 6.23. The van der Waals surface area contributed by atoms with Crippen LogP contribution in [0.15, 0.2) is 24.3 Å². The predicted molar refractivity (Wildman–Crippen MR) is 67.6 cm³/mol. The van der Waals surface area contributed by atoms with Crippen LogP contribution in [-0.4, -0.2) is 17.0 Å². The van der Waals surface area contributed by atoms with Crippen molar-refractivity contribution in [3.8, 4) is 0 Å². The fourth-order valence-corrected chi connectivity index (χ4v) is 2.53. The molecule has 0 aliphatic carbocycles. The van der Waals surface area contributed by atoms with Crippen LogP contribution in [0, 0.1) is 0 Å². The van der Waals surface area contributed by atoms with Gasteiger partial charge in [-0.3, -0.25) is 4.79 Å². The number of rotatable bonds is 2. The van der Waals surface area contributed by atoms with Crippen LogP contribution in [0.4, 0.5) is 0 Å². The zero-order valence-corrected chi connectivity index (χ0v) is 10.6. The van der Waals surface area contributed by atoms with E-state index in [2.05, 4.69) is 6.07 Å². The van der Waals surface area contributed by atoms with E-state index in [-0.39, 0.29) is 3.79 Å². The van der Waals surface area contributed by atoms with E-state index in [1.807, 2.05) is 40.8 Å². The Kier molecular flexibility index (Phi) is 3.75. The van der Waals surface area contributed by atoms with Gasteiger partial charge in [0.05, 0.1) is 0 Å². The second kappa shape index (κ2) is 5.07. The highest BCUT2D eigenvalue weighted by Gasteiger charge is 2.20. The molecule has 2 nitrogen and oxygen atoms in total. The van der Waals surface area contributed by atoms with E-state index in [0.29, 0.717) is 5.92 Å². The van der Waals surface area contributed by atoms with Crippen molar-refractivity contribution < 1.29 is 9.53 Å². The number of carbonyl (C=O) groups is 1. The third-order valence-corrected chi connectivity index (χ3v) is 3.41. The molecule has 0 radical (unpaired) electrons. The summed E-state index contributed by atoms with van der Waals surface area (Å²) < 4.78 is 5.47. The average Bonchev–Trinajstić information content (AvgIpc) is 2.30. The third kappa shape index (κ3) is 2.58. The van der Waals surface area contributed by atoms with E-state index in [0.717, 1.165) is 31.6 Å². The molecule has 0 bridgehead atoms. The maximum absolute atomic E-state index is 11.5. The Morgan fingerprint density at radius 2 is 1.93 bits per heavy atom. The van der Waals surface area contributed by atoms with Crippen molar-refractivity contribution in [3.05, 3.63) is 35.4 Å². The zero-order valence-electron chi connectivity index (χ0n) is 8.41. The van der Waals surface area contributed by atoms with E-state index < -0.39 is 0 Å². The molecule has 0 atom stereocenters. The van der Waals surface area contributed by atoms with Gasteiger partial charge in [0.2, 0.25) is 3.79 Å². The fraction of sp³-hybridized carbons (Fsp3) is 0.417. The van der Waals surface area contributed by atoms with Crippen molar-refractivity contribution >= 4 is 26.4 Å². The summed E-state index contributed by atoms with van der Waals surface area (Å²) >= 11 is 1.86. The van der Waals surface area contributed by atoms with Gasteiger partial charge < -0.3 is 4.74 Å². The van der Waals surface area contributed by atoms with Gasteiger partial charge in [-0.25, -0.2) is 0 Å². The highest BCUT2D eigenvalue weighted by Crippen LogP contribution is 2.30. The van der Waals surface area contributed by atoms with E-state index in [4.69, 9.17) is 4.74 Å². The lowest BCUT2D eigenvalue weighted by Gasteiger charge is -2.23. The van der Waals surface area contributed by atoms with Gasteiger partial charge in [-0.2, -0.15) is 0 Å². The molecule has 2 rings (SSSR count). The molecule has 0 unspecified atom stereocenters. The lowest BCUT2D eigenvalue weighted by molar-refractivity contribution is 0.0849. The van der Waals surface area contributed by atoms with Crippen LogP contribution in [0.2, 0.25) is 0 Å². The van der Waals surface area contributed by atoms with Gasteiger partial charge in [0, 0.05) is 41.4 Å². The van der Waals surface area contributed by atoms with E-state index >= 15 is 0 Å². The molecule has 1 aromatic rings. The lowest BCUT2D eigenvalue weighted by atomic mass is 9.89. The Bertz CT molecular complexity index is 356. The summed E-state index contributed by atoms with van der Waals surface area (Å²) in [5, 5.41) is 0. The second-order valence-electron chi connectivity index (χ2n) is 3.75. The van der Waals surface area contributed by atoms with Gasteiger partial charge in [-0.15, -0.1) is 0 Å². The molecule has 1 saturated heterocycles. The standard InChI is InChI=1S/C12H13IO2/c13-12(14)11-4-2-1-3-10(11)9-5-7-15-8-6-9/h1-4,9H,5-8H2. The predicted octanol–water partition coefficient (Wildman–Crippen LogP) is 3.16. The highest BCUT2D eigenvalue weighted by molar-refractivity contribution is 14.1. The summed E-state index contributed by atoms with van der Waals surface area (Å²) in [5.74, 6) is 0.494. The minimum atomic E-state index is 0.134. The van der Waals surface area contributed by atoms with Crippen molar-refractivity contribution in [1.29, 1.82) is 0 Å². The Balaban J connectivity index is 2.29. The smallest absolute Gasteiger partial charge is 0.222 e. The Morgan fingerprint density at radius 3 is 2.60 bits per heavy atom. The third-order valence-electron chi connectivity index (χ3n) is 2.83. The molecule has 1 aliphatic heterocycles. The van der Waals surface area contributed by atoms with Crippen LogP contribution in [0.1, 0.15) is 34.7 Å². The van der Waals surface area contributed by atoms with Crippen molar-refractivity contribution in [1.82, 2.24) is 0 Å². The summed E-state index contributed by atoms with van der Waals surface area (Å²) in [6.45, 7) is 1.63. The molecule has 0 N–H and O–H groups in total. The van der Waals surface area contributed by atoms with Crippen LogP contribution in [0.3, 0.4) is 0 Å². The fourth-order valence-electron chi connectivity index (χ4n) is 2.04. The first-order valence-electron chi connectivity index (χ1n) is 5.15. The lowest BCUT2D eigenvalue weighted by Crippen LogP contribution is -2.15. The molecule has 1 heterocycles. The molecule has 15 heavy (non-hydrogen) atoms. The Morgan fingerprint density at radius 1 is 1.27 bits per heavy atom.